The molecule has 1 heterocycles. The molecule has 0 spiro atoms. The molecule has 6 nitrogen and oxygen atoms in total. The highest BCUT2D eigenvalue weighted by Gasteiger charge is 2.29. The van der Waals surface area contributed by atoms with Gasteiger partial charge >= 0.3 is 6.09 Å². The fraction of sp³-hybridized carbons (Fsp3) is 0.765. The first-order chi connectivity index (χ1) is 10.5. The molecule has 1 aliphatic carbocycles. The number of aliphatic hydroxyl groups excluding tert-OH is 1. The summed E-state index contributed by atoms with van der Waals surface area (Å²) in [6, 6.07) is 1.90. The Balaban J connectivity index is 2.23. The van der Waals surface area contributed by atoms with Gasteiger partial charge in [-0.1, -0.05) is 0 Å². The van der Waals surface area contributed by atoms with E-state index in [1.807, 2.05) is 52.3 Å². The molecule has 0 bridgehead atoms. The number of carbonyl (C=O) groups excluding carboxylic acids is 1. The number of carbonyl (C=O) groups is 1. The molecule has 1 aromatic heterocycles. The summed E-state index contributed by atoms with van der Waals surface area (Å²) in [5, 5.41) is 17.2. The second-order valence-electron chi connectivity index (χ2n) is 8.33. The first-order valence-electron chi connectivity index (χ1n) is 8.24. The van der Waals surface area contributed by atoms with Gasteiger partial charge < -0.3 is 9.84 Å². The van der Waals surface area contributed by atoms with Gasteiger partial charge in [0.25, 0.3) is 0 Å². The number of nitrogens with zero attached hydrogens (tertiary/aromatic N) is 2. The van der Waals surface area contributed by atoms with Crippen molar-refractivity contribution in [3.05, 3.63) is 11.8 Å². The molecule has 2 N–H and O–H groups in total. The van der Waals surface area contributed by atoms with E-state index < -0.39 is 11.7 Å². The van der Waals surface area contributed by atoms with Gasteiger partial charge in [0.1, 0.15) is 11.4 Å². The number of hydrogen-bond donors (Lipinski definition) is 2. The van der Waals surface area contributed by atoms with Gasteiger partial charge in [-0.3, -0.25) is 5.32 Å². The van der Waals surface area contributed by atoms with E-state index in [1.54, 1.807) is 0 Å². The Bertz CT molecular complexity index is 567. The third-order valence-electron chi connectivity index (χ3n) is 3.82. The van der Waals surface area contributed by atoms with Crippen molar-refractivity contribution < 1.29 is 14.6 Å². The van der Waals surface area contributed by atoms with Crippen molar-refractivity contribution in [2.45, 2.75) is 84.0 Å². The van der Waals surface area contributed by atoms with Crippen molar-refractivity contribution in [3.8, 4) is 0 Å². The zero-order valence-corrected chi connectivity index (χ0v) is 15.0. The van der Waals surface area contributed by atoms with Gasteiger partial charge in [0.15, 0.2) is 0 Å². The average Bonchev–Trinajstić information content (AvgIpc) is 2.92. The van der Waals surface area contributed by atoms with E-state index >= 15 is 0 Å². The Morgan fingerprint density at radius 2 is 1.96 bits per heavy atom. The Kier molecular flexibility index (Phi) is 4.76. The Morgan fingerprint density at radius 1 is 1.30 bits per heavy atom. The van der Waals surface area contributed by atoms with Gasteiger partial charge in [0, 0.05) is 12.0 Å². The number of hydrogen-bond acceptors (Lipinski definition) is 4. The number of ether oxygens (including phenoxy) is 1. The van der Waals surface area contributed by atoms with Crippen molar-refractivity contribution in [2.24, 2.45) is 0 Å². The molecule has 2 rings (SSSR count). The number of anilines is 1. The maximum atomic E-state index is 12.1. The molecule has 130 valence electrons. The van der Waals surface area contributed by atoms with Crippen LogP contribution in [0.15, 0.2) is 6.07 Å². The molecular weight excluding hydrogens is 294 g/mol. The number of rotatable bonds is 2. The first kappa shape index (κ1) is 17.8. The standard InChI is InChI=1S/C17H29N3O3/c1-16(2,3)20-14(18-15(22)23-17(4,5)6)10-13(19-20)11-7-8-12(21)9-11/h10-12,21H,7-9H2,1-6H3,(H,18,22)/t11-,12+/m0/s1. The van der Waals surface area contributed by atoms with Crippen LogP contribution in [0.4, 0.5) is 10.6 Å². The van der Waals surface area contributed by atoms with Crippen molar-refractivity contribution in [2.75, 3.05) is 5.32 Å². The van der Waals surface area contributed by atoms with E-state index in [4.69, 9.17) is 4.74 Å². The van der Waals surface area contributed by atoms with Gasteiger partial charge in [0.2, 0.25) is 0 Å². The second-order valence-corrected chi connectivity index (χ2v) is 8.33. The highest BCUT2D eigenvalue weighted by molar-refractivity contribution is 5.83. The van der Waals surface area contributed by atoms with Crippen molar-refractivity contribution >= 4 is 11.9 Å². The predicted molar refractivity (Wildman–Crippen MR) is 89.7 cm³/mol. The lowest BCUT2D eigenvalue weighted by atomic mass is 10.0. The molecule has 0 aliphatic heterocycles. The molecule has 0 saturated heterocycles. The summed E-state index contributed by atoms with van der Waals surface area (Å²) in [5.74, 6) is 0.871. The van der Waals surface area contributed by atoms with Crippen molar-refractivity contribution in [3.63, 3.8) is 0 Å². The predicted octanol–water partition coefficient (Wildman–Crippen LogP) is 3.61. The van der Waals surface area contributed by atoms with Crippen LogP contribution < -0.4 is 5.32 Å². The smallest absolute Gasteiger partial charge is 0.413 e. The highest BCUT2D eigenvalue weighted by atomic mass is 16.6. The van der Waals surface area contributed by atoms with E-state index in [9.17, 15) is 9.90 Å². The summed E-state index contributed by atoms with van der Waals surface area (Å²) in [5.41, 5.74) is 0.108. The third kappa shape index (κ3) is 4.70. The SMILES string of the molecule is CC(C)(C)OC(=O)Nc1cc([C@H]2CC[C@@H](O)C2)nn1C(C)(C)C. The van der Waals surface area contributed by atoms with Crippen LogP contribution in [0.3, 0.4) is 0 Å². The maximum absolute atomic E-state index is 12.1. The number of amides is 1. The highest BCUT2D eigenvalue weighted by Crippen LogP contribution is 2.36. The van der Waals surface area contributed by atoms with Gasteiger partial charge in [0.05, 0.1) is 17.3 Å². The molecule has 1 amide bonds. The molecule has 1 aliphatic rings. The van der Waals surface area contributed by atoms with E-state index in [0.717, 1.165) is 25.0 Å². The maximum Gasteiger partial charge on any atom is 0.413 e. The molecule has 0 unspecified atom stereocenters. The van der Waals surface area contributed by atoms with Gasteiger partial charge in [-0.15, -0.1) is 0 Å². The van der Waals surface area contributed by atoms with Gasteiger partial charge in [-0.2, -0.15) is 5.10 Å². The fourth-order valence-corrected chi connectivity index (χ4v) is 2.83. The van der Waals surface area contributed by atoms with Gasteiger partial charge in [-0.05, 0) is 60.8 Å². The summed E-state index contributed by atoms with van der Waals surface area (Å²) >= 11 is 0. The lowest BCUT2D eigenvalue weighted by Gasteiger charge is -2.24. The van der Waals surface area contributed by atoms with Gasteiger partial charge in [-0.25, -0.2) is 9.48 Å². The van der Waals surface area contributed by atoms with Crippen LogP contribution in [0.2, 0.25) is 0 Å². The Labute approximate surface area is 138 Å². The molecule has 6 heteroatoms. The minimum absolute atomic E-state index is 0.243. The monoisotopic (exact) mass is 323 g/mol. The average molecular weight is 323 g/mol. The summed E-state index contributed by atoms with van der Waals surface area (Å²) in [7, 11) is 0. The topological polar surface area (TPSA) is 76.4 Å². The molecule has 2 atom stereocenters. The normalized spacial score (nSPS) is 22.2. The minimum atomic E-state index is -0.547. The Hall–Kier alpha value is -1.56. The fourth-order valence-electron chi connectivity index (χ4n) is 2.83. The quantitative estimate of drug-likeness (QED) is 0.871. The van der Waals surface area contributed by atoms with E-state index in [2.05, 4.69) is 10.4 Å². The van der Waals surface area contributed by atoms with Crippen LogP contribution in [0.25, 0.3) is 0 Å². The molecular formula is C17H29N3O3. The van der Waals surface area contributed by atoms with Crippen molar-refractivity contribution in [1.29, 1.82) is 0 Å². The van der Waals surface area contributed by atoms with Crippen LogP contribution in [0, 0.1) is 0 Å². The number of aromatic nitrogens is 2. The lowest BCUT2D eigenvalue weighted by molar-refractivity contribution is 0.0634. The first-order valence-corrected chi connectivity index (χ1v) is 8.24. The Morgan fingerprint density at radius 3 is 2.43 bits per heavy atom. The zero-order valence-electron chi connectivity index (χ0n) is 15.0. The molecule has 1 saturated carbocycles. The summed E-state index contributed by atoms with van der Waals surface area (Å²) in [6.07, 6.45) is 1.73. The van der Waals surface area contributed by atoms with E-state index in [-0.39, 0.29) is 17.6 Å². The summed E-state index contributed by atoms with van der Waals surface area (Å²) in [4.78, 5) is 12.1. The van der Waals surface area contributed by atoms with Crippen LogP contribution in [-0.2, 0) is 10.3 Å². The molecule has 0 radical (unpaired) electrons. The largest absolute Gasteiger partial charge is 0.444 e. The van der Waals surface area contributed by atoms with Crippen LogP contribution in [0.5, 0.6) is 0 Å². The van der Waals surface area contributed by atoms with Crippen LogP contribution in [-0.4, -0.2) is 32.7 Å². The summed E-state index contributed by atoms with van der Waals surface area (Å²) in [6.45, 7) is 11.6. The summed E-state index contributed by atoms with van der Waals surface area (Å²) < 4.78 is 7.15. The minimum Gasteiger partial charge on any atom is -0.444 e. The number of nitrogens with one attached hydrogen (secondary N) is 1. The number of aliphatic hydroxyl groups is 1. The molecule has 23 heavy (non-hydrogen) atoms. The van der Waals surface area contributed by atoms with E-state index in [1.165, 1.54) is 0 Å². The van der Waals surface area contributed by atoms with E-state index in [0.29, 0.717) is 5.82 Å². The van der Waals surface area contributed by atoms with Crippen LogP contribution in [0.1, 0.15) is 72.4 Å². The molecule has 0 aromatic carbocycles. The van der Waals surface area contributed by atoms with Crippen molar-refractivity contribution in [1.82, 2.24) is 9.78 Å². The second kappa shape index (κ2) is 6.15. The third-order valence-corrected chi connectivity index (χ3v) is 3.82. The van der Waals surface area contributed by atoms with Crippen LogP contribution >= 0.6 is 0 Å². The molecule has 1 aromatic rings. The molecule has 1 fully saturated rings. The zero-order chi connectivity index (χ0) is 17.4. The lowest BCUT2D eigenvalue weighted by Crippen LogP contribution is -2.30.